The molecule has 0 aliphatic rings. The van der Waals surface area contributed by atoms with Crippen molar-refractivity contribution < 1.29 is 9.90 Å². The zero-order chi connectivity index (χ0) is 13.7. The molecule has 4 nitrogen and oxygen atoms in total. The number of nitriles is 1. The van der Waals surface area contributed by atoms with Crippen LogP contribution in [0.3, 0.4) is 0 Å². The van der Waals surface area contributed by atoms with Crippen LogP contribution in [0, 0.1) is 16.7 Å². The van der Waals surface area contributed by atoms with Gasteiger partial charge in [-0.05, 0) is 33.6 Å². The van der Waals surface area contributed by atoms with Gasteiger partial charge in [0.05, 0.1) is 11.7 Å². The summed E-state index contributed by atoms with van der Waals surface area (Å²) in [6, 6.07) is 2.14. The van der Waals surface area contributed by atoms with E-state index in [0.717, 1.165) is 0 Å². The van der Waals surface area contributed by atoms with Crippen LogP contribution >= 0.6 is 0 Å². The van der Waals surface area contributed by atoms with Crippen LogP contribution in [-0.4, -0.2) is 34.6 Å². The van der Waals surface area contributed by atoms with Gasteiger partial charge >= 0.3 is 0 Å². The van der Waals surface area contributed by atoms with E-state index in [-0.39, 0.29) is 12.5 Å². The molecule has 0 atom stereocenters. The number of aliphatic hydroxyl groups is 1. The first kappa shape index (κ1) is 15.9. The van der Waals surface area contributed by atoms with Crippen molar-refractivity contribution in [1.82, 2.24) is 4.90 Å². The van der Waals surface area contributed by atoms with Gasteiger partial charge in [-0.25, -0.2) is 0 Å². The Morgan fingerprint density at radius 3 is 2.00 bits per heavy atom. The lowest BCUT2D eigenvalue weighted by atomic mass is 9.82. The summed E-state index contributed by atoms with van der Waals surface area (Å²) in [5, 5.41) is 19.0. The van der Waals surface area contributed by atoms with Crippen LogP contribution in [0.15, 0.2) is 0 Å². The third kappa shape index (κ3) is 4.01. The molecular weight excluding hydrogens is 216 g/mol. The molecular formula is C13H24N2O2. The Bertz CT molecular complexity index is 296. The first-order valence-corrected chi connectivity index (χ1v) is 6.19. The molecule has 0 heterocycles. The molecule has 1 N–H and O–H groups in total. The topological polar surface area (TPSA) is 64.3 Å². The third-order valence-corrected chi connectivity index (χ3v) is 3.08. The van der Waals surface area contributed by atoms with Crippen molar-refractivity contribution >= 4 is 5.91 Å². The molecule has 0 saturated heterocycles. The predicted molar refractivity (Wildman–Crippen MR) is 67.2 cm³/mol. The van der Waals surface area contributed by atoms with Crippen LogP contribution in [0.25, 0.3) is 0 Å². The summed E-state index contributed by atoms with van der Waals surface area (Å²) in [4.78, 5) is 13.9. The minimum Gasteiger partial charge on any atom is -0.389 e. The Morgan fingerprint density at radius 1 is 1.29 bits per heavy atom. The highest BCUT2D eigenvalue weighted by Gasteiger charge is 2.39. The molecule has 4 heteroatoms. The largest absolute Gasteiger partial charge is 0.389 e. The van der Waals surface area contributed by atoms with Crippen molar-refractivity contribution in [3.05, 3.63) is 0 Å². The second-order valence-corrected chi connectivity index (χ2v) is 5.03. The normalized spacial score (nSPS) is 12.1. The molecule has 98 valence electrons. The maximum Gasteiger partial charge on any atom is 0.243 e. The molecule has 0 fully saturated rings. The lowest BCUT2D eigenvalue weighted by Crippen LogP contribution is -2.48. The number of amides is 1. The van der Waals surface area contributed by atoms with Crippen LogP contribution in [0.1, 0.15) is 47.5 Å². The Labute approximate surface area is 104 Å². The summed E-state index contributed by atoms with van der Waals surface area (Å²) in [6.45, 7) is 9.64. The molecule has 0 aromatic heterocycles. The van der Waals surface area contributed by atoms with Gasteiger partial charge < -0.3 is 10.0 Å². The minimum atomic E-state index is -0.943. The number of carbonyl (C=O) groups is 1. The van der Waals surface area contributed by atoms with Crippen molar-refractivity contribution in [2.45, 2.75) is 53.1 Å². The van der Waals surface area contributed by atoms with Crippen molar-refractivity contribution in [3.63, 3.8) is 0 Å². The van der Waals surface area contributed by atoms with Gasteiger partial charge in [-0.3, -0.25) is 4.79 Å². The van der Waals surface area contributed by atoms with Gasteiger partial charge in [0.25, 0.3) is 0 Å². The predicted octanol–water partition coefficient (Wildman–Crippen LogP) is 1.94. The van der Waals surface area contributed by atoms with E-state index in [0.29, 0.717) is 19.4 Å². The lowest BCUT2D eigenvalue weighted by molar-refractivity contribution is -0.142. The van der Waals surface area contributed by atoms with Gasteiger partial charge in [-0.15, -0.1) is 0 Å². The zero-order valence-corrected chi connectivity index (χ0v) is 11.6. The van der Waals surface area contributed by atoms with Crippen LogP contribution in [0.4, 0.5) is 0 Å². The van der Waals surface area contributed by atoms with Crippen LogP contribution in [-0.2, 0) is 4.79 Å². The minimum absolute atomic E-state index is 0.172. The molecule has 0 spiro atoms. The summed E-state index contributed by atoms with van der Waals surface area (Å²) < 4.78 is 0. The highest BCUT2D eigenvalue weighted by atomic mass is 16.3. The second kappa shape index (κ2) is 6.02. The SMILES string of the molecule is CCN(CC(C)(C)O)C(=O)C(C#N)(CC)CC. The maximum atomic E-state index is 12.4. The number of carbonyl (C=O) groups excluding carboxylic acids is 1. The summed E-state index contributed by atoms with van der Waals surface area (Å²) >= 11 is 0. The molecule has 0 rings (SSSR count). The van der Waals surface area contributed by atoms with Crippen LogP contribution < -0.4 is 0 Å². The summed E-state index contributed by atoms with van der Waals surface area (Å²) in [5.74, 6) is -0.172. The fourth-order valence-electron chi connectivity index (χ4n) is 1.86. The standard InChI is InChI=1S/C13H24N2O2/c1-6-13(7-2,9-14)11(16)15(8-3)10-12(4,5)17/h17H,6-8,10H2,1-5H3. The van der Waals surface area contributed by atoms with E-state index in [9.17, 15) is 15.2 Å². The summed E-state index contributed by atoms with van der Waals surface area (Å²) in [6.07, 6.45) is 1.00. The monoisotopic (exact) mass is 240 g/mol. The van der Waals surface area contributed by atoms with Crippen molar-refractivity contribution in [2.24, 2.45) is 5.41 Å². The molecule has 17 heavy (non-hydrogen) atoms. The van der Waals surface area contributed by atoms with Crippen LogP contribution in [0.2, 0.25) is 0 Å². The number of likely N-dealkylation sites (N-methyl/N-ethyl adjacent to an activating group) is 1. The summed E-state index contributed by atoms with van der Waals surface area (Å²) in [7, 11) is 0. The van der Waals surface area contributed by atoms with Gasteiger partial charge in [-0.1, -0.05) is 13.8 Å². The average Bonchev–Trinajstić information content (AvgIpc) is 2.27. The highest BCUT2D eigenvalue weighted by molar-refractivity contribution is 5.85. The van der Waals surface area contributed by atoms with Crippen molar-refractivity contribution in [1.29, 1.82) is 5.26 Å². The summed E-state index contributed by atoms with van der Waals surface area (Å²) in [5.41, 5.74) is -1.88. The number of hydrogen-bond acceptors (Lipinski definition) is 3. The molecule has 0 unspecified atom stereocenters. The molecule has 0 aromatic carbocycles. The fourth-order valence-corrected chi connectivity index (χ4v) is 1.86. The third-order valence-electron chi connectivity index (χ3n) is 3.08. The molecule has 0 radical (unpaired) electrons. The first-order chi connectivity index (χ1) is 7.76. The number of hydrogen-bond donors (Lipinski definition) is 1. The number of rotatable bonds is 6. The van der Waals surface area contributed by atoms with Crippen molar-refractivity contribution in [3.8, 4) is 6.07 Å². The molecule has 1 amide bonds. The second-order valence-electron chi connectivity index (χ2n) is 5.03. The average molecular weight is 240 g/mol. The fraction of sp³-hybridized carbons (Fsp3) is 0.846. The van der Waals surface area contributed by atoms with E-state index >= 15 is 0 Å². The Balaban J connectivity index is 5.04. The van der Waals surface area contributed by atoms with E-state index < -0.39 is 11.0 Å². The van der Waals surface area contributed by atoms with E-state index in [1.165, 1.54) is 0 Å². The Hall–Kier alpha value is -1.08. The first-order valence-electron chi connectivity index (χ1n) is 6.19. The molecule has 0 bridgehead atoms. The van der Waals surface area contributed by atoms with E-state index in [1.54, 1.807) is 18.7 Å². The highest BCUT2D eigenvalue weighted by Crippen LogP contribution is 2.28. The van der Waals surface area contributed by atoms with Gasteiger partial charge in [0.15, 0.2) is 0 Å². The van der Waals surface area contributed by atoms with E-state index in [1.807, 2.05) is 20.8 Å². The lowest BCUT2D eigenvalue weighted by Gasteiger charge is -2.34. The van der Waals surface area contributed by atoms with Gasteiger partial charge in [-0.2, -0.15) is 5.26 Å². The maximum absolute atomic E-state index is 12.4. The molecule has 0 saturated carbocycles. The number of nitrogens with zero attached hydrogens (tertiary/aromatic N) is 2. The van der Waals surface area contributed by atoms with E-state index in [2.05, 4.69) is 6.07 Å². The van der Waals surface area contributed by atoms with Gasteiger partial charge in [0.1, 0.15) is 5.41 Å². The van der Waals surface area contributed by atoms with Crippen molar-refractivity contribution in [2.75, 3.05) is 13.1 Å². The molecule has 0 aromatic rings. The van der Waals surface area contributed by atoms with Gasteiger partial charge in [0, 0.05) is 13.1 Å². The Morgan fingerprint density at radius 2 is 1.76 bits per heavy atom. The Kier molecular flexibility index (Phi) is 5.63. The zero-order valence-electron chi connectivity index (χ0n) is 11.6. The molecule has 0 aliphatic carbocycles. The molecule has 0 aliphatic heterocycles. The quantitative estimate of drug-likeness (QED) is 0.771. The van der Waals surface area contributed by atoms with E-state index in [4.69, 9.17) is 0 Å². The van der Waals surface area contributed by atoms with Crippen LogP contribution in [0.5, 0.6) is 0 Å². The van der Waals surface area contributed by atoms with Gasteiger partial charge in [0.2, 0.25) is 5.91 Å². The smallest absolute Gasteiger partial charge is 0.243 e.